The van der Waals surface area contributed by atoms with Crippen LogP contribution in [0, 0.1) is 16.0 Å². The van der Waals surface area contributed by atoms with Crippen molar-refractivity contribution < 1.29 is 18.1 Å². The van der Waals surface area contributed by atoms with Gasteiger partial charge in [0.1, 0.15) is 5.56 Å². The van der Waals surface area contributed by atoms with Gasteiger partial charge in [-0.3, -0.25) is 10.1 Å². The highest BCUT2D eigenvalue weighted by Gasteiger charge is 2.45. The molecule has 0 saturated carbocycles. The zero-order chi connectivity index (χ0) is 15.4. The van der Waals surface area contributed by atoms with Crippen molar-refractivity contribution in [1.82, 2.24) is 0 Å². The summed E-state index contributed by atoms with van der Waals surface area (Å²) in [5.41, 5.74) is -1.60. The predicted molar refractivity (Wildman–Crippen MR) is 71.2 cm³/mol. The van der Waals surface area contributed by atoms with E-state index in [0.717, 1.165) is 31.4 Å². The van der Waals surface area contributed by atoms with Crippen molar-refractivity contribution in [2.45, 2.75) is 44.4 Å². The van der Waals surface area contributed by atoms with Crippen molar-refractivity contribution >= 4 is 11.4 Å². The summed E-state index contributed by atoms with van der Waals surface area (Å²) in [6.45, 7) is 2.10. The Labute approximate surface area is 119 Å². The van der Waals surface area contributed by atoms with E-state index in [0.29, 0.717) is 11.6 Å². The van der Waals surface area contributed by atoms with Gasteiger partial charge in [0.2, 0.25) is 0 Å². The Kier molecular flexibility index (Phi) is 3.11. The van der Waals surface area contributed by atoms with Crippen molar-refractivity contribution in [2.24, 2.45) is 5.92 Å². The van der Waals surface area contributed by atoms with E-state index in [2.05, 4.69) is 6.92 Å². The van der Waals surface area contributed by atoms with Crippen molar-refractivity contribution in [2.75, 3.05) is 4.90 Å². The third-order valence-corrected chi connectivity index (χ3v) is 4.63. The van der Waals surface area contributed by atoms with Crippen molar-refractivity contribution in [3.8, 4) is 0 Å². The summed E-state index contributed by atoms with van der Waals surface area (Å²) in [6, 6.07) is 3.85. The third-order valence-electron chi connectivity index (χ3n) is 4.63. The molecule has 1 aromatic rings. The fourth-order valence-electron chi connectivity index (χ4n) is 3.76. The molecule has 3 unspecified atom stereocenters. The minimum atomic E-state index is -4.72. The zero-order valence-electron chi connectivity index (χ0n) is 11.4. The van der Waals surface area contributed by atoms with Crippen LogP contribution in [0.5, 0.6) is 0 Å². The summed E-state index contributed by atoms with van der Waals surface area (Å²) in [5.74, 6) is 0.452. The van der Waals surface area contributed by atoms with Crippen LogP contribution in [0.15, 0.2) is 18.2 Å². The van der Waals surface area contributed by atoms with Crippen molar-refractivity contribution in [1.29, 1.82) is 0 Å². The maximum Gasteiger partial charge on any atom is 0.423 e. The van der Waals surface area contributed by atoms with Gasteiger partial charge in [-0.1, -0.05) is 6.92 Å². The molecule has 2 fully saturated rings. The Bertz CT molecular complexity index is 588. The molecule has 0 radical (unpaired) electrons. The molecular formula is C14H15F3N2O2. The van der Waals surface area contributed by atoms with Crippen LogP contribution in [0.1, 0.15) is 31.7 Å². The Morgan fingerprint density at radius 3 is 2.52 bits per heavy atom. The zero-order valence-corrected chi connectivity index (χ0v) is 11.4. The molecule has 3 atom stereocenters. The number of nitro groups is 1. The van der Waals surface area contributed by atoms with Gasteiger partial charge in [-0.05, 0) is 37.3 Å². The molecule has 2 heterocycles. The van der Waals surface area contributed by atoms with Gasteiger partial charge in [0.05, 0.1) is 4.92 Å². The summed E-state index contributed by atoms with van der Waals surface area (Å²) < 4.78 is 39.1. The van der Waals surface area contributed by atoms with Gasteiger partial charge in [-0.15, -0.1) is 0 Å². The molecular weight excluding hydrogens is 285 g/mol. The molecule has 21 heavy (non-hydrogen) atoms. The van der Waals surface area contributed by atoms with Crippen LogP contribution >= 0.6 is 0 Å². The highest BCUT2D eigenvalue weighted by Crippen LogP contribution is 2.46. The van der Waals surface area contributed by atoms with Gasteiger partial charge < -0.3 is 4.90 Å². The Balaban J connectivity index is 2.04. The summed E-state index contributed by atoms with van der Waals surface area (Å²) in [4.78, 5) is 11.8. The standard InChI is InChI=1S/C14H15F3N2O2/c1-8-6-9-2-4-12(8)18(9)10-3-5-13(19(20)21)11(7-10)14(15,16)17/h3,5,7-9,12H,2,4,6H2,1H3. The molecule has 114 valence electrons. The molecule has 2 bridgehead atoms. The second-order valence-corrected chi connectivity index (χ2v) is 5.88. The van der Waals surface area contributed by atoms with E-state index in [1.165, 1.54) is 6.07 Å². The number of rotatable bonds is 2. The van der Waals surface area contributed by atoms with Gasteiger partial charge in [-0.25, -0.2) is 0 Å². The lowest BCUT2D eigenvalue weighted by atomic mass is 9.91. The van der Waals surface area contributed by atoms with Gasteiger partial charge in [0.15, 0.2) is 0 Å². The van der Waals surface area contributed by atoms with Crippen LogP contribution in [-0.2, 0) is 6.18 Å². The number of nitrogens with zero attached hydrogens (tertiary/aromatic N) is 2. The molecule has 0 aromatic heterocycles. The van der Waals surface area contributed by atoms with Gasteiger partial charge >= 0.3 is 6.18 Å². The Morgan fingerprint density at radius 1 is 1.33 bits per heavy atom. The first-order valence-electron chi connectivity index (χ1n) is 6.93. The Morgan fingerprint density at radius 2 is 2.05 bits per heavy atom. The molecule has 1 aromatic carbocycles. The molecule has 2 aliphatic rings. The van der Waals surface area contributed by atoms with Crippen LogP contribution in [0.3, 0.4) is 0 Å². The van der Waals surface area contributed by atoms with Gasteiger partial charge in [0, 0.05) is 23.8 Å². The van der Waals surface area contributed by atoms with E-state index < -0.39 is 22.4 Å². The second-order valence-electron chi connectivity index (χ2n) is 5.88. The topological polar surface area (TPSA) is 46.4 Å². The summed E-state index contributed by atoms with van der Waals surface area (Å²) in [6.07, 6.45) is -1.79. The summed E-state index contributed by atoms with van der Waals surface area (Å²) in [7, 11) is 0. The molecule has 0 spiro atoms. The first-order chi connectivity index (χ1) is 9.79. The molecule has 0 amide bonds. The monoisotopic (exact) mass is 300 g/mol. The largest absolute Gasteiger partial charge is 0.423 e. The maximum absolute atomic E-state index is 13.0. The average Bonchev–Trinajstić information content (AvgIpc) is 2.93. The summed E-state index contributed by atoms with van der Waals surface area (Å²) >= 11 is 0. The fourth-order valence-corrected chi connectivity index (χ4v) is 3.76. The molecule has 7 heteroatoms. The molecule has 4 nitrogen and oxygen atoms in total. The lowest BCUT2D eigenvalue weighted by molar-refractivity contribution is -0.388. The maximum atomic E-state index is 13.0. The van der Waals surface area contributed by atoms with E-state index in [1.54, 1.807) is 0 Å². The quantitative estimate of drug-likeness (QED) is 0.613. The first-order valence-corrected chi connectivity index (χ1v) is 6.93. The van der Waals surface area contributed by atoms with Crippen LogP contribution in [0.4, 0.5) is 24.5 Å². The van der Waals surface area contributed by atoms with Crippen LogP contribution < -0.4 is 4.90 Å². The van der Waals surface area contributed by atoms with Crippen LogP contribution in [-0.4, -0.2) is 17.0 Å². The number of nitro benzene ring substituents is 1. The minimum Gasteiger partial charge on any atom is -0.365 e. The number of anilines is 1. The molecule has 2 aliphatic heterocycles. The van der Waals surface area contributed by atoms with E-state index in [9.17, 15) is 23.3 Å². The van der Waals surface area contributed by atoms with Crippen LogP contribution in [0.2, 0.25) is 0 Å². The van der Waals surface area contributed by atoms with E-state index in [1.807, 2.05) is 4.90 Å². The fraction of sp³-hybridized carbons (Fsp3) is 0.571. The van der Waals surface area contributed by atoms with Crippen molar-refractivity contribution in [3.05, 3.63) is 33.9 Å². The number of hydrogen-bond donors (Lipinski definition) is 0. The SMILES string of the molecule is CC1CC2CCC1N2c1ccc([N+](=O)[O-])c(C(F)(F)F)c1. The Hall–Kier alpha value is -1.79. The number of hydrogen-bond acceptors (Lipinski definition) is 3. The lowest BCUT2D eigenvalue weighted by Gasteiger charge is -2.26. The first kappa shape index (κ1) is 14.2. The number of halogens is 3. The highest BCUT2D eigenvalue weighted by molar-refractivity contribution is 5.59. The molecule has 3 rings (SSSR count). The number of alkyl halides is 3. The normalized spacial score (nSPS) is 28.2. The lowest BCUT2D eigenvalue weighted by Crippen LogP contribution is -2.30. The van der Waals surface area contributed by atoms with Gasteiger partial charge in [0.25, 0.3) is 5.69 Å². The highest BCUT2D eigenvalue weighted by atomic mass is 19.4. The second kappa shape index (κ2) is 4.61. The number of fused-ring (bicyclic) bond motifs is 2. The predicted octanol–water partition coefficient (Wildman–Crippen LogP) is 3.99. The average molecular weight is 300 g/mol. The van der Waals surface area contributed by atoms with E-state index in [-0.39, 0.29) is 12.1 Å². The minimum absolute atomic E-state index is 0.248. The van der Waals surface area contributed by atoms with E-state index in [4.69, 9.17) is 0 Å². The summed E-state index contributed by atoms with van der Waals surface area (Å²) in [5, 5.41) is 10.8. The molecule has 0 aliphatic carbocycles. The van der Waals surface area contributed by atoms with E-state index >= 15 is 0 Å². The molecule has 0 N–H and O–H groups in total. The molecule has 2 saturated heterocycles. The van der Waals surface area contributed by atoms with Crippen LogP contribution in [0.25, 0.3) is 0 Å². The van der Waals surface area contributed by atoms with Crippen molar-refractivity contribution in [3.63, 3.8) is 0 Å². The smallest absolute Gasteiger partial charge is 0.365 e. The number of benzene rings is 1. The third kappa shape index (κ3) is 2.24. The van der Waals surface area contributed by atoms with Gasteiger partial charge in [-0.2, -0.15) is 13.2 Å².